The second kappa shape index (κ2) is 9.42. The molecule has 1 atom stereocenters. The predicted molar refractivity (Wildman–Crippen MR) is 106 cm³/mol. The highest BCUT2D eigenvalue weighted by atomic mass is 32.2. The lowest BCUT2D eigenvalue weighted by atomic mass is 9.98. The minimum absolute atomic E-state index is 0.0627. The standard InChI is InChI=1S/C18H27N3O7S/c1-20(2)29(24,25)21-8-6-7-12(11-21)17(22)19-14-10-16(27-4)15(26-3)9-13(14)18(23)28-5/h9-10,12H,6-8,11H2,1-5H3,(H,19,22). The molecule has 0 radical (unpaired) electrons. The first kappa shape index (κ1) is 22.9. The van der Waals surface area contributed by atoms with Crippen molar-refractivity contribution in [3.05, 3.63) is 17.7 Å². The Balaban J connectivity index is 2.28. The summed E-state index contributed by atoms with van der Waals surface area (Å²) in [5.41, 5.74) is 0.305. The molecule has 0 spiro atoms. The Morgan fingerprint density at radius 2 is 1.76 bits per heavy atom. The van der Waals surface area contributed by atoms with Gasteiger partial charge in [-0.2, -0.15) is 17.0 Å². The molecule has 162 valence electrons. The van der Waals surface area contributed by atoms with Gasteiger partial charge in [-0.3, -0.25) is 4.79 Å². The van der Waals surface area contributed by atoms with Gasteiger partial charge in [-0.25, -0.2) is 4.79 Å². The number of amides is 1. The summed E-state index contributed by atoms with van der Waals surface area (Å²) in [5, 5.41) is 2.71. The second-order valence-corrected chi connectivity index (χ2v) is 8.86. The second-order valence-electron chi connectivity index (χ2n) is 6.72. The molecule has 1 aliphatic rings. The van der Waals surface area contributed by atoms with E-state index in [9.17, 15) is 18.0 Å². The summed E-state index contributed by atoms with van der Waals surface area (Å²) in [5.74, 6) is -0.956. The van der Waals surface area contributed by atoms with E-state index in [1.165, 1.54) is 51.9 Å². The molecule has 2 rings (SSSR count). The number of carbonyl (C=O) groups is 2. The van der Waals surface area contributed by atoms with Gasteiger partial charge in [0.25, 0.3) is 10.2 Å². The van der Waals surface area contributed by atoms with Gasteiger partial charge in [0, 0.05) is 39.3 Å². The van der Waals surface area contributed by atoms with Crippen LogP contribution >= 0.6 is 0 Å². The fourth-order valence-corrected chi connectivity index (χ4v) is 4.28. The molecule has 1 heterocycles. The Morgan fingerprint density at radius 3 is 2.31 bits per heavy atom. The summed E-state index contributed by atoms with van der Waals surface area (Å²) in [7, 11) is 3.39. The van der Waals surface area contributed by atoms with Crippen molar-refractivity contribution in [1.29, 1.82) is 0 Å². The quantitative estimate of drug-likeness (QED) is 0.642. The van der Waals surface area contributed by atoms with Crippen LogP contribution in [-0.2, 0) is 19.7 Å². The van der Waals surface area contributed by atoms with Crippen LogP contribution in [0.25, 0.3) is 0 Å². The van der Waals surface area contributed by atoms with E-state index < -0.39 is 22.1 Å². The van der Waals surface area contributed by atoms with Gasteiger partial charge in [0.05, 0.1) is 38.5 Å². The molecule has 1 aliphatic heterocycles. The zero-order chi connectivity index (χ0) is 21.8. The van der Waals surface area contributed by atoms with Crippen LogP contribution in [-0.4, -0.2) is 77.4 Å². The number of piperidine rings is 1. The lowest BCUT2D eigenvalue weighted by molar-refractivity contribution is -0.120. The van der Waals surface area contributed by atoms with Crippen LogP contribution in [0.4, 0.5) is 5.69 Å². The highest BCUT2D eigenvalue weighted by molar-refractivity contribution is 7.86. The molecule has 1 fully saturated rings. The Hall–Kier alpha value is -2.37. The van der Waals surface area contributed by atoms with Crippen LogP contribution in [0.5, 0.6) is 11.5 Å². The molecule has 1 aromatic rings. The highest BCUT2D eigenvalue weighted by Crippen LogP contribution is 2.34. The van der Waals surface area contributed by atoms with E-state index in [1.54, 1.807) is 0 Å². The molecule has 1 amide bonds. The smallest absolute Gasteiger partial charge is 0.340 e. The molecule has 0 bridgehead atoms. The average molecular weight is 429 g/mol. The maximum absolute atomic E-state index is 12.9. The molecule has 1 aromatic carbocycles. The molecule has 0 saturated carbocycles. The summed E-state index contributed by atoms with van der Waals surface area (Å²) in [6.45, 7) is 0.418. The summed E-state index contributed by atoms with van der Waals surface area (Å²) in [6.07, 6.45) is 1.09. The third-order valence-corrected chi connectivity index (χ3v) is 6.64. The molecule has 0 aromatic heterocycles. The van der Waals surface area contributed by atoms with Gasteiger partial charge in [-0.05, 0) is 12.8 Å². The number of carbonyl (C=O) groups excluding carboxylic acids is 2. The minimum Gasteiger partial charge on any atom is -0.493 e. The Kier molecular flexibility index (Phi) is 7.44. The summed E-state index contributed by atoms with van der Waals surface area (Å²) in [6, 6.07) is 2.89. The van der Waals surface area contributed by atoms with E-state index in [0.717, 1.165) is 4.31 Å². The molecular formula is C18H27N3O7S. The number of nitrogens with one attached hydrogen (secondary N) is 1. The number of anilines is 1. The monoisotopic (exact) mass is 429 g/mol. The van der Waals surface area contributed by atoms with E-state index in [4.69, 9.17) is 14.2 Å². The fourth-order valence-electron chi connectivity index (χ4n) is 3.09. The van der Waals surface area contributed by atoms with E-state index in [-0.39, 0.29) is 23.7 Å². The molecule has 1 unspecified atom stereocenters. The average Bonchev–Trinajstić information content (AvgIpc) is 2.72. The van der Waals surface area contributed by atoms with Gasteiger partial charge in [-0.1, -0.05) is 0 Å². The fraction of sp³-hybridized carbons (Fsp3) is 0.556. The number of esters is 1. The molecule has 11 heteroatoms. The first-order valence-corrected chi connectivity index (χ1v) is 10.4. The predicted octanol–water partition coefficient (Wildman–Crippen LogP) is 0.947. The topological polar surface area (TPSA) is 114 Å². The van der Waals surface area contributed by atoms with Crippen LogP contribution in [0, 0.1) is 5.92 Å². The Bertz CT molecular complexity index is 870. The van der Waals surface area contributed by atoms with Gasteiger partial charge in [0.15, 0.2) is 11.5 Å². The number of hydrogen-bond acceptors (Lipinski definition) is 7. The van der Waals surface area contributed by atoms with Crippen molar-refractivity contribution >= 4 is 27.8 Å². The summed E-state index contributed by atoms with van der Waals surface area (Å²) < 4.78 is 42.4. The number of hydrogen-bond donors (Lipinski definition) is 1. The van der Waals surface area contributed by atoms with E-state index in [1.807, 2.05) is 0 Å². The molecule has 1 saturated heterocycles. The number of methoxy groups -OCH3 is 3. The first-order chi connectivity index (χ1) is 13.6. The lowest BCUT2D eigenvalue weighted by Crippen LogP contribution is -2.47. The zero-order valence-electron chi connectivity index (χ0n) is 17.2. The Labute approximate surface area is 170 Å². The van der Waals surface area contributed by atoms with Crippen LogP contribution in [0.3, 0.4) is 0 Å². The van der Waals surface area contributed by atoms with E-state index in [2.05, 4.69) is 5.32 Å². The van der Waals surface area contributed by atoms with Crippen LogP contribution in [0.1, 0.15) is 23.2 Å². The van der Waals surface area contributed by atoms with E-state index >= 15 is 0 Å². The van der Waals surface area contributed by atoms with Crippen molar-refractivity contribution in [3.63, 3.8) is 0 Å². The minimum atomic E-state index is -3.61. The molecule has 0 aliphatic carbocycles. The number of rotatable bonds is 7. The van der Waals surface area contributed by atoms with Crippen molar-refractivity contribution in [1.82, 2.24) is 8.61 Å². The van der Waals surface area contributed by atoms with Crippen molar-refractivity contribution in [2.45, 2.75) is 12.8 Å². The third-order valence-electron chi connectivity index (χ3n) is 4.73. The maximum atomic E-state index is 12.9. The normalized spacial score (nSPS) is 17.7. The summed E-state index contributed by atoms with van der Waals surface area (Å²) in [4.78, 5) is 25.0. The van der Waals surface area contributed by atoms with E-state index in [0.29, 0.717) is 30.9 Å². The van der Waals surface area contributed by atoms with Gasteiger partial charge in [0.1, 0.15) is 0 Å². The third kappa shape index (κ3) is 4.98. The van der Waals surface area contributed by atoms with Gasteiger partial charge in [-0.15, -0.1) is 0 Å². The van der Waals surface area contributed by atoms with Crippen molar-refractivity contribution in [3.8, 4) is 11.5 Å². The van der Waals surface area contributed by atoms with Crippen molar-refractivity contribution < 1.29 is 32.2 Å². The van der Waals surface area contributed by atoms with Crippen LogP contribution < -0.4 is 14.8 Å². The number of benzene rings is 1. The van der Waals surface area contributed by atoms with Crippen LogP contribution in [0.2, 0.25) is 0 Å². The first-order valence-electron chi connectivity index (χ1n) is 8.98. The van der Waals surface area contributed by atoms with Gasteiger partial charge in [0.2, 0.25) is 5.91 Å². The number of ether oxygens (including phenoxy) is 3. The van der Waals surface area contributed by atoms with Gasteiger partial charge >= 0.3 is 5.97 Å². The Morgan fingerprint density at radius 1 is 1.14 bits per heavy atom. The maximum Gasteiger partial charge on any atom is 0.340 e. The molecular weight excluding hydrogens is 402 g/mol. The highest BCUT2D eigenvalue weighted by Gasteiger charge is 2.34. The van der Waals surface area contributed by atoms with Crippen LogP contribution in [0.15, 0.2) is 12.1 Å². The zero-order valence-corrected chi connectivity index (χ0v) is 18.0. The summed E-state index contributed by atoms with van der Waals surface area (Å²) >= 11 is 0. The lowest BCUT2D eigenvalue weighted by Gasteiger charge is -2.32. The molecule has 10 nitrogen and oxygen atoms in total. The van der Waals surface area contributed by atoms with Crippen molar-refractivity contribution in [2.75, 3.05) is 53.8 Å². The SMILES string of the molecule is COC(=O)c1cc(OC)c(OC)cc1NC(=O)C1CCCN(S(=O)(=O)N(C)C)C1. The van der Waals surface area contributed by atoms with Gasteiger partial charge < -0.3 is 19.5 Å². The molecule has 29 heavy (non-hydrogen) atoms. The van der Waals surface area contributed by atoms with Crippen molar-refractivity contribution in [2.24, 2.45) is 5.92 Å². The number of nitrogens with zero attached hydrogens (tertiary/aromatic N) is 2. The molecule has 1 N–H and O–H groups in total. The largest absolute Gasteiger partial charge is 0.493 e.